The zero-order valence-electron chi connectivity index (χ0n) is 7.14. The summed E-state index contributed by atoms with van der Waals surface area (Å²) in [5, 5.41) is 0. The minimum atomic E-state index is 0.352. The summed E-state index contributed by atoms with van der Waals surface area (Å²) in [6.07, 6.45) is 4.82. The first kappa shape index (κ1) is 10.2. The number of nitrogens with zero attached hydrogens (tertiary/aromatic N) is 1. The molecular formula is C9H11Br2N. The molecule has 0 aliphatic heterocycles. The van der Waals surface area contributed by atoms with Gasteiger partial charge in [-0.1, -0.05) is 31.9 Å². The van der Waals surface area contributed by atoms with Crippen molar-refractivity contribution in [1.29, 1.82) is 0 Å². The zero-order chi connectivity index (χ0) is 9.14. The molecule has 66 valence electrons. The quantitative estimate of drug-likeness (QED) is 0.762. The minimum Gasteiger partial charge on any atom is -0.264 e. The first-order chi connectivity index (χ1) is 5.61. The van der Waals surface area contributed by atoms with Crippen molar-refractivity contribution in [2.24, 2.45) is 0 Å². The van der Waals surface area contributed by atoms with Crippen LogP contribution < -0.4 is 0 Å². The molecule has 0 aromatic carbocycles. The van der Waals surface area contributed by atoms with Crippen LogP contribution in [-0.4, -0.2) is 8.72 Å². The maximum Gasteiger partial charge on any atom is 0.0738 e. The molecule has 1 nitrogen and oxygen atoms in total. The Morgan fingerprint density at radius 2 is 1.75 bits per heavy atom. The molecule has 1 aromatic heterocycles. The van der Waals surface area contributed by atoms with Crippen LogP contribution in [0, 0.1) is 13.8 Å². The first-order valence-electron chi connectivity index (χ1n) is 3.79. The predicted octanol–water partition coefficient (Wildman–Crippen LogP) is 3.36. The molecule has 0 amide bonds. The Bertz CT molecular complexity index is 251. The second kappa shape index (κ2) is 4.38. The van der Waals surface area contributed by atoms with Crippen LogP contribution in [0.4, 0.5) is 0 Å². The molecule has 0 saturated heterocycles. The Balaban J connectivity index is 2.96. The molecule has 0 N–H and O–H groups in total. The van der Waals surface area contributed by atoms with Gasteiger partial charge in [0.15, 0.2) is 0 Å². The summed E-state index contributed by atoms with van der Waals surface area (Å²) in [5.74, 6) is 0. The average Bonchev–Trinajstić information content (AvgIpc) is 1.97. The van der Waals surface area contributed by atoms with E-state index in [1.54, 1.807) is 0 Å². The molecule has 0 unspecified atom stereocenters. The van der Waals surface area contributed by atoms with E-state index >= 15 is 0 Å². The van der Waals surface area contributed by atoms with Crippen molar-refractivity contribution >= 4 is 31.9 Å². The molecule has 1 rings (SSSR count). The van der Waals surface area contributed by atoms with Crippen molar-refractivity contribution in [2.45, 2.75) is 24.0 Å². The summed E-state index contributed by atoms with van der Waals surface area (Å²) < 4.78 is 0.352. The fourth-order valence-electron chi connectivity index (χ4n) is 1.20. The molecule has 0 saturated carbocycles. The van der Waals surface area contributed by atoms with Gasteiger partial charge in [-0.15, -0.1) is 0 Å². The predicted molar refractivity (Wildman–Crippen MR) is 59.1 cm³/mol. The van der Waals surface area contributed by atoms with E-state index in [0.29, 0.717) is 3.74 Å². The van der Waals surface area contributed by atoms with E-state index in [2.05, 4.69) is 50.7 Å². The highest BCUT2D eigenvalue weighted by molar-refractivity contribution is 9.24. The van der Waals surface area contributed by atoms with Gasteiger partial charge in [0.2, 0.25) is 0 Å². The lowest BCUT2D eigenvalue weighted by Crippen LogP contribution is -1.99. The van der Waals surface area contributed by atoms with Crippen LogP contribution in [0.1, 0.15) is 16.7 Å². The SMILES string of the molecule is Cc1cncc(C)c1CC(Br)Br. The van der Waals surface area contributed by atoms with Crippen molar-refractivity contribution < 1.29 is 0 Å². The van der Waals surface area contributed by atoms with Crippen LogP contribution in [0.2, 0.25) is 0 Å². The van der Waals surface area contributed by atoms with Gasteiger partial charge in [-0.25, -0.2) is 0 Å². The molecule has 1 aromatic rings. The Hall–Kier alpha value is 0.110. The van der Waals surface area contributed by atoms with Crippen LogP contribution in [0.3, 0.4) is 0 Å². The highest BCUT2D eigenvalue weighted by Crippen LogP contribution is 2.20. The average molecular weight is 293 g/mol. The fraction of sp³-hybridized carbons (Fsp3) is 0.444. The lowest BCUT2D eigenvalue weighted by molar-refractivity contribution is 1.04. The van der Waals surface area contributed by atoms with Gasteiger partial charge < -0.3 is 0 Å². The lowest BCUT2D eigenvalue weighted by atomic mass is 10.0. The highest BCUT2D eigenvalue weighted by Gasteiger charge is 2.06. The number of aromatic nitrogens is 1. The van der Waals surface area contributed by atoms with E-state index < -0.39 is 0 Å². The maximum atomic E-state index is 4.12. The summed E-state index contributed by atoms with van der Waals surface area (Å²) >= 11 is 6.95. The van der Waals surface area contributed by atoms with Gasteiger partial charge in [0.1, 0.15) is 0 Å². The van der Waals surface area contributed by atoms with E-state index in [1.807, 2.05) is 12.4 Å². The standard InChI is InChI=1S/C9H11Br2N/c1-6-4-12-5-7(2)8(6)3-9(10)11/h4-5,9H,3H2,1-2H3. The van der Waals surface area contributed by atoms with Crippen LogP contribution in [0.5, 0.6) is 0 Å². The zero-order valence-corrected chi connectivity index (χ0v) is 10.3. The molecule has 0 bridgehead atoms. The van der Waals surface area contributed by atoms with Gasteiger partial charge in [-0.05, 0) is 37.0 Å². The molecule has 0 aliphatic carbocycles. The Kier molecular flexibility index (Phi) is 3.72. The number of pyridine rings is 1. The van der Waals surface area contributed by atoms with E-state index in [0.717, 1.165) is 6.42 Å². The number of aryl methyl sites for hydroxylation is 2. The molecule has 3 heteroatoms. The van der Waals surface area contributed by atoms with Gasteiger partial charge >= 0.3 is 0 Å². The van der Waals surface area contributed by atoms with Crippen LogP contribution in [0.15, 0.2) is 12.4 Å². The van der Waals surface area contributed by atoms with Crippen molar-refractivity contribution in [2.75, 3.05) is 0 Å². The van der Waals surface area contributed by atoms with Crippen molar-refractivity contribution in [1.82, 2.24) is 4.98 Å². The monoisotopic (exact) mass is 291 g/mol. The van der Waals surface area contributed by atoms with Crippen molar-refractivity contribution in [3.63, 3.8) is 0 Å². The number of halogens is 2. The maximum absolute atomic E-state index is 4.12. The summed E-state index contributed by atoms with van der Waals surface area (Å²) in [7, 11) is 0. The normalized spacial score (nSPS) is 10.8. The highest BCUT2D eigenvalue weighted by atomic mass is 79.9. The van der Waals surface area contributed by atoms with Crippen LogP contribution in [0.25, 0.3) is 0 Å². The number of hydrogen-bond donors (Lipinski definition) is 0. The van der Waals surface area contributed by atoms with E-state index in [1.165, 1.54) is 16.7 Å². The Morgan fingerprint density at radius 1 is 1.25 bits per heavy atom. The molecule has 0 spiro atoms. The molecule has 12 heavy (non-hydrogen) atoms. The molecule has 0 radical (unpaired) electrons. The largest absolute Gasteiger partial charge is 0.264 e. The van der Waals surface area contributed by atoms with Crippen LogP contribution >= 0.6 is 31.9 Å². The number of hydrogen-bond acceptors (Lipinski definition) is 1. The summed E-state index contributed by atoms with van der Waals surface area (Å²) in [6, 6.07) is 0. The Morgan fingerprint density at radius 3 is 2.17 bits per heavy atom. The van der Waals surface area contributed by atoms with Gasteiger partial charge in [-0.2, -0.15) is 0 Å². The molecule has 0 atom stereocenters. The van der Waals surface area contributed by atoms with Crippen molar-refractivity contribution in [3.8, 4) is 0 Å². The number of alkyl halides is 2. The minimum absolute atomic E-state index is 0.352. The van der Waals surface area contributed by atoms with Gasteiger partial charge in [0, 0.05) is 12.4 Å². The van der Waals surface area contributed by atoms with E-state index in [4.69, 9.17) is 0 Å². The molecule has 0 aliphatic rings. The molecular weight excluding hydrogens is 282 g/mol. The third-order valence-corrected chi connectivity index (χ3v) is 2.49. The smallest absolute Gasteiger partial charge is 0.0738 e. The summed E-state index contributed by atoms with van der Waals surface area (Å²) in [6.45, 7) is 4.19. The molecule has 1 heterocycles. The Labute approximate surface area is 89.8 Å². The van der Waals surface area contributed by atoms with Gasteiger partial charge in [-0.3, -0.25) is 4.98 Å². The van der Waals surface area contributed by atoms with Crippen LogP contribution in [-0.2, 0) is 6.42 Å². The van der Waals surface area contributed by atoms with Crippen molar-refractivity contribution in [3.05, 3.63) is 29.1 Å². The topological polar surface area (TPSA) is 12.9 Å². The third kappa shape index (κ3) is 2.56. The second-order valence-corrected chi connectivity index (χ2v) is 6.29. The van der Waals surface area contributed by atoms with Gasteiger partial charge in [0.05, 0.1) is 3.74 Å². The van der Waals surface area contributed by atoms with E-state index in [9.17, 15) is 0 Å². The van der Waals surface area contributed by atoms with Gasteiger partial charge in [0.25, 0.3) is 0 Å². The van der Waals surface area contributed by atoms with E-state index in [-0.39, 0.29) is 0 Å². The third-order valence-electron chi connectivity index (χ3n) is 1.85. The lowest BCUT2D eigenvalue weighted by Gasteiger charge is -2.08. The second-order valence-electron chi connectivity index (χ2n) is 2.85. The number of rotatable bonds is 2. The first-order valence-corrected chi connectivity index (χ1v) is 5.62. The fourth-order valence-corrected chi connectivity index (χ4v) is 1.85. The molecule has 0 fully saturated rings. The summed E-state index contributed by atoms with van der Waals surface area (Å²) in [5.41, 5.74) is 3.90. The summed E-state index contributed by atoms with van der Waals surface area (Å²) in [4.78, 5) is 4.12.